The molecular weight excluding hydrogens is 183 g/mol. The van der Waals surface area contributed by atoms with Gasteiger partial charge in [-0.2, -0.15) is 8.42 Å². The molecule has 0 saturated heterocycles. The fraction of sp³-hybridized carbons (Fsp3) is 0.750. The Kier molecular flexibility index (Phi) is 6.85. The van der Waals surface area contributed by atoms with Crippen molar-refractivity contribution < 1.29 is 69.1 Å². The molecule has 1 N–H and O–H groups in total. The van der Waals surface area contributed by atoms with Crippen LogP contribution in [0, 0.1) is 0 Å². The third kappa shape index (κ3) is 4.95. The van der Waals surface area contributed by atoms with Crippen LogP contribution in [0.2, 0.25) is 0 Å². The van der Waals surface area contributed by atoms with Gasteiger partial charge in [-0.1, -0.05) is 0 Å². The van der Waals surface area contributed by atoms with Crippen LogP contribution in [-0.4, -0.2) is 24.0 Å². The van der Waals surface area contributed by atoms with Gasteiger partial charge in [0.25, 0.3) is 10.1 Å². The van der Waals surface area contributed by atoms with Crippen LogP contribution in [0.5, 0.6) is 0 Å². The van der Waals surface area contributed by atoms with E-state index in [-0.39, 0.29) is 51.4 Å². The monoisotopic (exact) mass is 191 g/mol. The molecule has 0 aromatic heterocycles. The molecule has 0 aromatic carbocycles. The molecule has 0 aliphatic heterocycles. The summed E-state index contributed by atoms with van der Waals surface area (Å²) in [6.45, 7) is 2.25. The van der Waals surface area contributed by atoms with Gasteiger partial charge in [0.1, 0.15) is 11.0 Å². The molecule has 0 spiro atoms. The van der Waals surface area contributed by atoms with Gasteiger partial charge in [0.05, 0.1) is 0 Å². The second-order valence-electron chi connectivity index (χ2n) is 1.77. The van der Waals surface area contributed by atoms with Crippen LogP contribution in [0.25, 0.3) is 0 Å². The number of rotatable bonds is 2. The summed E-state index contributed by atoms with van der Waals surface area (Å²) in [6, 6.07) is 0. The first kappa shape index (κ1) is 13.8. The molecule has 0 fully saturated rings. The van der Waals surface area contributed by atoms with Gasteiger partial charge in [0.15, 0.2) is 0 Å². The number of Topliss-reactive ketones (excluding diaryl/α,β-unsaturated/α-hetero) is 1. The molecule has 0 rings (SSSR count). The third-order valence-corrected chi connectivity index (χ3v) is 2.24. The van der Waals surface area contributed by atoms with Gasteiger partial charge < -0.3 is 0 Å². The Morgan fingerprint density at radius 2 is 1.80 bits per heavy atom. The van der Waals surface area contributed by atoms with Crippen molar-refractivity contribution in [2.24, 2.45) is 0 Å². The van der Waals surface area contributed by atoms with Gasteiger partial charge in [0.2, 0.25) is 0 Å². The van der Waals surface area contributed by atoms with E-state index in [9.17, 15) is 13.2 Å². The average Bonchev–Trinajstić information content (AvgIpc) is 1.62. The van der Waals surface area contributed by atoms with Crippen molar-refractivity contribution in [1.29, 1.82) is 0 Å². The molecule has 4 nitrogen and oxygen atoms in total. The second kappa shape index (κ2) is 4.97. The first-order valence-corrected chi connectivity index (χ1v) is 3.82. The van der Waals surface area contributed by atoms with Crippen molar-refractivity contribution in [2.75, 3.05) is 0 Å². The molecule has 0 aliphatic carbocycles. The molecule has 0 amide bonds. The van der Waals surface area contributed by atoms with E-state index in [2.05, 4.69) is 0 Å². The molecule has 6 heteroatoms. The maximum Gasteiger partial charge on any atom is 1.00 e. The predicted octanol–water partition coefficient (Wildman–Crippen LogP) is -3.14. The minimum atomic E-state index is -4.15. The Hall–Kier alpha value is 1.22. The number of carbonyl (C=O) groups excluding carboxylic acids is 1. The van der Waals surface area contributed by atoms with E-state index in [4.69, 9.17) is 4.55 Å². The Balaban J connectivity index is 0. The van der Waals surface area contributed by atoms with Crippen molar-refractivity contribution in [1.82, 2.24) is 0 Å². The molecule has 54 valence electrons. The predicted molar refractivity (Wildman–Crippen MR) is 31.7 cm³/mol. The molecular formula is C4H8KO4S+. The number of carbonyl (C=O) groups is 1. The van der Waals surface area contributed by atoms with Gasteiger partial charge in [-0.05, 0) is 13.8 Å². The van der Waals surface area contributed by atoms with E-state index in [1.54, 1.807) is 0 Å². The van der Waals surface area contributed by atoms with E-state index in [0.717, 1.165) is 13.8 Å². The summed E-state index contributed by atoms with van der Waals surface area (Å²) in [6.07, 6.45) is 0. The molecule has 0 heterocycles. The second-order valence-corrected chi connectivity index (χ2v) is 3.50. The fourth-order valence-corrected chi connectivity index (χ4v) is 0.629. The summed E-state index contributed by atoms with van der Waals surface area (Å²) >= 11 is 0. The van der Waals surface area contributed by atoms with Gasteiger partial charge in [-0.3, -0.25) is 9.35 Å². The quantitative estimate of drug-likeness (QED) is 0.370. The Morgan fingerprint density at radius 1 is 1.50 bits per heavy atom. The van der Waals surface area contributed by atoms with E-state index in [1.165, 1.54) is 0 Å². The average molecular weight is 191 g/mol. The summed E-state index contributed by atoms with van der Waals surface area (Å²) in [4.78, 5) is 10.3. The topological polar surface area (TPSA) is 71.4 Å². The largest absolute Gasteiger partial charge is 1.00 e. The molecule has 0 saturated carbocycles. The Morgan fingerprint density at radius 3 is 1.80 bits per heavy atom. The van der Waals surface area contributed by atoms with E-state index < -0.39 is 21.2 Å². The number of hydrogen-bond donors (Lipinski definition) is 1. The van der Waals surface area contributed by atoms with Crippen molar-refractivity contribution in [2.45, 2.75) is 19.1 Å². The van der Waals surface area contributed by atoms with Crippen molar-refractivity contribution in [3.05, 3.63) is 0 Å². The van der Waals surface area contributed by atoms with Crippen LogP contribution >= 0.6 is 0 Å². The zero-order chi connectivity index (χ0) is 7.65. The fourth-order valence-electron chi connectivity index (χ4n) is 0.210. The molecule has 1 atom stereocenters. The standard InChI is InChI=1S/C4H8O4S.K/c1-3(5)4(2)9(6,7)8;/h4H,1-2H3,(H,6,7,8);/q;+1. The SMILES string of the molecule is CC(=O)C(C)S(=O)(=O)O.[K+]. The summed E-state index contributed by atoms with van der Waals surface area (Å²) in [7, 11) is -4.15. The minimum absolute atomic E-state index is 0. The van der Waals surface area contributed by atoms with E-state index in [1.807, 2.05) is 0 Å². The van der Waals surface area contributed by atoms with Crippen LogP contribution in [0.4, 0.5) is 0 Å². The molecule has 0 radical (unpaired) electrons. The first-order chi connectivity index (χ1) is 3.85. The van der Waals surface area contributed by atoms with Gasteiger partial charge in [-0.15, -0.1) is 0 Å². The Bertz CT molecular complexity index is 207. The summed E-state index contributed by atoms with van der Waals surface area (Å²) in [5.41, 5.74) is 0. The maximum atomic E-state index is 10.3. The zero-order valence-corrected chi connectivity index (χ0v) is 10.1. The Labute approximate surface area is 103 Å². The van der Waals surface area contributed by atoms with Crippen LogP contribution < -0.4 is 51.4 Å². The van der Waals surface area contributed by atoms with Crippen LogP contribution in [0.15, 0.2) is 0 Å². The van der Waals surface area contributed by atoms with E-state index in [0.29, 0.717) is 0 Å². The summed E-state index contributed by atoms with van der Waals surface area (Å²) in [5.74, 6) is -0.558. The number of ketones is 1. The maximum absolute atomic E-state index is 10.3. The van der Waals surface area contributed by atoms with Gasteiger partial charge >= 0.3 is 51.4 Å². The summed E-state index contributed by atoms with van der Waals surface area (Å²) in [5, 5.41) is -1.29. The normalized spacial score (nSPS) is 13.5. The van der Waals surface area contributed by atoms with Crippen molar-refractivity contribution in [3.8, 4) is 0 Å². The minimum Gasteiger partial charge on any atom is -0.298 e. The van der Waals surface area contributed by atoms with Crippen LogP contribution in [-0.2, 0) is 14.9 Å². The smallest absolute Gasteiger partial charge is 0.298 e. The van der Waals surface area contributed by atoms with Crippen molar-refractivity contribution in [3.63, 3.8) is 0 Å². The molecule has 10 heavy (non-hydrogen) atoms. The van der Waals surface area contributed by atoms with Crippen LogP contribution in [0.3, 0.4) is 0 Å². The molecule has 0 aromatic rings. The number of hydrogen-bond acceptors (Lipinski definition) is 3. The van der Waals surface area contributed by atoms with Gasteiger partial charge in [0, 0.05) is 0 Å². The molecule has 0 aliphatic rings. The molecule has 1 unspecified atom stereocenters. The van der Waals surface area contributed by atoms with Crippen LogP contribution in [0.1, 0.15) is 13.8 Å². The zero-order valence-electron chi connectivity index (χ0n) is 6.16. The van der Waals surface area contributed by atoms with Crippen molar-refractivity contribution >= 4 is 15.9 Å². The van der Waals surface area contributed by atoms with Gasteiger partial charge in [-0.25, -0.2) is 0 Å². The third-order valence-electron chi connectivity index (χ3n) is 1.02. The summed E-state index contributed by atoms with van der Waals surface area (Å²) < 4.78 is 28.4. The molecule has 0 bridgehead atoms. The first-order valence-electron chi connectivity index (χ1n) is 2.32. The van der Waals surface area contributed by atoms with E-state index >= 15 is 0 Å².